The number of oxazole rings is 1. The molecule has 0 fully saturated rings. The first-order valence-corrected chi connectivity index (χ1v) is 4.38. The summed E-state index contributed by atoms with van der Waals surface area (Å²) in [6.07, 6.45) is 3.14. The Morgan fingerprint density at radius 3 is 3.25 bits per heavy atom. The van der Waals surface area contributed by atoms with Gasteiger partial charge >= 0.3 is 0 Å². The SMILES string of the molecule is c1csc(OCc2ncco2)c1. The second-order valence-corrected chi connectivity index (χ2v) is 3.06. The molecule has 0 aromatic carbocycles. The van der Waals surface area contributed by atoms with Crippen LogP contribution < -0.4 is 4.74 Å². The van der Waals surface area contributed by atoms with Crippen molar-refractivity contribution < 1.29 is 9.15 Å². The molecule has 0 saturated carbocycles. The van der Waals surface area contributed by atoms with E-state index in [4.69, 9.17) is 9.15 Å². The normalized spacial score (nSPS) is 10.0. The number of nitrogens with zero attached hydrogens (tertiary/aromatic N) is 1. The summed E-state index contributed by atoms with van der Waals surface area (Å²) < 4.78 is 10.4. The fraction of sp³-hybridized carbons (Fsp3) is 0.125. The van der Waals surface area contributed by atoms with Crippen LogP contribution in [0.4, 0.5) is 0 Å². The van der Waals surface area contributed by atoms with Crippen molar-refractivity contribution in [3.8, 4) is 5.06 Å². The maximum absolute atomic E-state index is 5.35. The van der Waals surface area contributed by atoms with Crippen molar-refractivity contribution in [3.05, 3.63) is 35.9 Å². The number of hydrogen-bond acceptors (Lipinski definition) is 4. The summed E-state index contributed by atoms with van der Waals surface area (Å²) in [5.41, 5.74) is 0. The van der Waals surface area contributed by atoms with E-state index in [1.165, 1.54) is 6.26 Å². The van der Waals surface area contributed by atoms with Crippen LogP contribution >= 0.6 is 11.3 Å². The Kier molecular flexibility index (Phi) is 2.09. The Labute approximate surface area is 73.6 Å². The van der Waals surface area contributed by atoms with Crippen molar-refractivity contribution in [1.29, 1.82) is 0 Å². The molecule has 0 bridgehead atoms. The van der Waals surface area contributed by atoms with Crippen LogP contribution in [0, 0.1) is 0 Å². The predicted molar refractivity (Wildman–Crippen MR) is 45.2 cm³/mol. The molecule has 2 heterocycles. The van der Waals surface area contributed by atoms with E-state index in [1.807, 2.05) is 17.5 Å². The molecule has 12 heavy (non-hydrogen) atoms. The van der Waals surface area contributed by atoms with Crippen LogP contribution in [0.5, 0.6) is 5.06 Å². The zero-order valence-electron chi connectivity index (χ0n) is 6.27. The van der Waals surface area contributed by atoms with E-state index in [0.29, 0.717) is 12.5 Å². The highest BCUT2D eigenvalue weighted by Crippen LogP contribution is 2.19. The molecule has 0 aliphatic heterocycles. The molecule has 0 N–H and O–H groups in total. The van der Waals surface area contributed by atoms with Crippen molar-refractivity contribution in [2.45, 2.75) is 6.61 Å². The molecule has 2 aromatic rings. The van der Waals surface area contributed by atoms with Gasteiger partial charge in [-0.05, 0) is 17.5 Å². The van der Waals surface area contributed by atoms with Gasteiger partial charge in [0.05, 0.1) is 6.20 Å². The molecule has 0 aliphatic rings. The predicted octanol–water partition coefficient (Wildman–Crippen LogP) is 2.32. The van der Waals surface area contributed by atoms with Gasteiger partial charge < -0.3 is 9.15 Å². The van der Waals surface area contributed by atoms with E-state index in [-0.39, 0.29) is 0 Å². The lowest BCUT2D eigenvalue weighted by molar-refractivity contribution is 0.270. The van der Waals surface area contributed by atoms with Gasteiger partial charge in [-0.1, -0.05) is 0 Å². The van der Waals surface area contributed by atoms with E-state index >= 15 is 0 Å². The molecule has 0 unspecified atom stereocenters. The first-order chi connectivity index (χ1) is 5.95. The van der Waals surface area contributed by atoms with Crippen molar-refractivity contribution in [2.75, 3.05) is 0 Å². The van der Waals surface area contributed by atoms with Gasteiger partial charge in [0, 0.05) is 0 Å². The summed E-state index contributed by atoms with van der Waals surface area (Å²) in [5, 5.41) is 2.85. The molecule has 2 rings (SSSR count). The standard InChI is InChI=1S/C8H7NO2S/c1-2-8(12-5-1)11-6-7-9-3-4-10-7/h1-5H,6H2. The molecular formula is C8H7NO2S. The molecule has 0 aliphatic carbocycles. The van der Waals surface area contributed by atoms with Crippen LogP contribution in [0.15, 0.2) is 34.4 Å². The highest BCUT2D eigenvalue weighted by atomic mass is 32.1. The van der Waals surface area contributed by atoms with Gasteiger partial charge in [0.2, 0.25) is 5.89 Å². The van der Waals surface area contributed by atoms with E-state index in [9.17, 15) is 0 Å². The summed E-state index contributed by atoms with van der Waals surface area (Å²) in [7, 11) is 0. The molecule has 0 radical (unpaired) electrons. The second-order valence-electron chi connectivity index (χ2n) is 2.15. The Morgan fingerprint density at radius 1 is 1.58 bits per heavy atom. The zero-order chi connectivity index (χ0) is 8.23. The summed E-state index contributed by atoms with van der Waals surface area (Å²) in [6.45, 7) is 0.396. The number of ether oxygens (including phenoxy) is 1. The minimum Gasteiger partial charge on any atom is -0.474 e. The van der Waals surface area contributed by atoms with Crippen molar-refractivity contribution >= 4 is 11.3 Å². The van der Waals surface area contributed by atoms with Crippen molar-refractivity contribution in [3.63, 3.8) is 0 Å². The Bertz CT molecular complexity index is 280. The molecule has 62 valence electrons. The molecule has 0 saturated heterocycles. The van der Waals surface area contributed by atoms with Crippen LogP contribution in [0.3, 0.4) is 0 Å². The van der Waals surface area contributed by atoms with Crippen LogP contribution in [-0.2, 0) is 6.61 Å². The Morgan fingerprint density at radius 2 is 2.58 bits per heavy atom. The fourth-order valence-electron chi connectivity index (χ4n) is 0.803. The van der Waals surface area contributed by atoms with Crippen molar-refractivity contribution in [1.82, 2.24) is 4.98 Å². The lowest BCUT2D eigenvalue weighted by Crippen LogP contribution is -1.92. The number of thiophene rings is 1. The highest BCUT2D eigenvalue weighted by Gasteiger charge is 1.98. The second kappa shape index (κ2) is 3.40. The van der Waals surface area contributed by atoms with Gasteiger partial charge in [0.25, 0.3) is 0 Å². The molecular weight excluding hydrogens is 174 g/mol. The topological polar surface area (TPSA) is 35.3 Å². The van der Waals surface area contributed by atoms with Gasteiger partial charge in [-0.25, -0.2) is 4.98 Å². The fourth-order valence-corrected chi connectivity index (χ4v) is 1.38. The van der Waals surface area contributed by atoms with Gasteiger partial charge in [0.15, 0.2) is 11.7 Å². The summed E-state index contributed by atoms with van der Waals surface area (Å²) >= 11 is 1.55. The minimum absolute atomic E-state index is 0.396. The molecule has 0 atom stereocenters. The number of rotatable bonds is 3. The monoisotopic (exact) mass is 181 g/mol. The third-order valence-corrected chi connectivity index (χ3v) is 2.10. The summed E-state index contributed by atoms with van der Waals surface area (Å²) in [5.74, 6) is 0.600. The van der Waals surface area contributed by atoms with E-state index in [1.54, 1.807) is 17.5 Å². The molecule has 0 spiro atoms. The van der Waals surface area contributed by atoms with Gasteiger partial charge in [-0.3, -0.25) is 0 Å². The quantitative estimate of drug-likeness (QED) is 0.728. The Balaban J connectivity index is 1.91. The van der Waals surface area contributed by atoms with Crippen LogP contribution in [-0.4, -0.2) is 4.98 Å². The van der Waals surface area contributed by atoms with Crippen molar-refractivity contribution in [2.24, 2.45) is 0 Å². The first-order valence-electron chi connectivity index (χ1n) is 3.50. The lowest BCUT2D eigenvalue weighted by atomic mass is 10.6. The average molecular weight is 181 g/mol. The smallest absolute Gasteiger partial charge is 0.232 e. The maximum atomic E-state index is 5.35. The van der Waals surface area contributed by atoms with Crippen LogP contribution in [0.2, 0.25) is 0 Å². The van der Waals surface area contributed by atoms with Gasteiger partial charge in [0.1, 0.15) is 6.26 Å². The number of aromatic nitrogens is 1. The van der Waals surface area contributed by atoms with Crippen LogP contribution in [0.1, 0.15) is 5.89 Å². The van der Waals surface area contributed by atoms with Crippen LogP contribution in [0.25, 0.3) is 0 Å². The molecule has 3 nitrogen and oxygen atoms in total. The third-order valence-electron chi connectivity index (χ3n) is 1.32. The third kappa shape index (κ3) is 1.65. The highest BCUT2D eigenvalue weighted by molar-refractivity contribution is 7.11. The van der Waals surface area contributed by atoms with E-state index in [2.05, 4.69) is 4.98 Å². The summed E-state index contributed by atoms with van der Waals surface area (Å²) in [4.78, 5) is 3.93. The number of hydrogen-bond donors (Lipinski definition) is 0. The average Bonchev–Trinajstić information content (AvgIpc) is 2.74. The molecule has 0 amide bonds. The lowest BCUT2D eigenvalue weighted by Gasteiger charge is -1.97. The van der Waals surface area contributed by atoms with E-state index < -0.39 is 0 Å². The zero-order valence-corrected chi connectivity index (χ0v) is 7.08. The maximum Gasteiger partial charge on any atom is 0.232 e. The van der Waals surface area contributed by atoms with E-state index in [0.717, 1.165) is 5.06 Å². The van der Waals surface area contributed by atoms with Gasteiger partial charge in [-0.15, -0.1) is 11.3 Å². The molecule has 4 heteroatoms. The molecule has 2 aromatic heterocycles. The summed E-state index contributed by atoms with van der Waals surface area (Å²) in [6, 6.07) is 3.85. The first kappa shape index (κ1) is 7.36. The van der Waals surface area contributed by atoms with Gasteiger partial charge in [-0.2, -0.15) is 0 Å². The largest absolute Gasteiger partial charge is 0.474 e. The minimum atomic E-state index is 0.396. The Hall–Kier alpha value is -1.29.